The Kier molecular flexibility index (Phi) is 8.35. The maximum atomic E-state index is 11.6. The van der Waals surface area contributed by atoms with Gasteiger partial charge in [-0.25, -0.2) is 4.79 Å². The molecule has 21 heavy (non-hydrogen) atoms. The fourth-order valence-corrected chi connectivity index (χ4v) is 2.67. The zero-order valence-corrected chi connectivity index (χ0v) is 12.8. The smallest absolute Gasteiger partial charge is 0.331 e. The molecule has 0 aromatic heterocycles. The van der Waals surface area contributed by atoms with Gasteiger partial charge in [0.25, 0.3) is 0 Å². The molecule has 0 aromatic carbocycles. The molecular weight excluding hydrogens is 276 g/mol. The normalized spacial score (nSPS) is 13.3. The van der Waals surface area contributed by atoms with E-state index in [9.17, 15) is 24.6 Å². The minimum atomic E-state index is -1.14. The second-order valence-electron chi connectivity index (χ2n) is 4.92. The molecule has 2 unspecified atom stereocenters. The molecule has 0 amide bonds. The monoisotopic (exact) mass is 300 g/mol. The first-order chi connectivity index (χ1) is 9.79. The minimum Gasteiger partial charge on any atom is -0.481 e. The van der Waals surface area contributed by atoms with E-state index in [0.29, 0.717) is 19.3 Å². The van der Waals surface area contributed by atoms with Crippen LogP contribution in [0.15, 0.2) is 11.1 Å². The van der Waals surface area contributed by atoms with Gasteiger partial charge in [0.05, 0.1) is 5.92 Å². The van der Waals surface area contributed by atoms with E-state index in [1.807, 2.05) is 13.8 Å². The first-order valence-corrected chi connectivity index (χ1v) is 7.19. The summed E-state index contributed by atoms with van der Waals surface area (Å²) in [5.41, 5.74) is 0.858. The Hall–Kier alpha value is -1.85. The number of aliphatic carboxylic acids is 3. The van der Waals surface area contributed by atoms with Gasteiger partial charge in [0, 0.05) is 17.9 Å². The third kappa shape index (κ3) is 5.57. The summed E-state index contributed by atoms with van der Waals surface area (Å²) in [4.78, 5) is 33.7. The number of carboxylic acids is 3. The first kappa shape index (κ1) is 19.1. The van der Waals surface area contributed by atoms with E-state index in [1.165, 1.54) is 0 Å². The van der Waals surface area contributed by atoms with Gasteiger partial charge in [-0.2, -0.15) is 0 Å². The number of hydrogen-bond acceptors (Lipinski definition) is 3. The third-order valence-electron chi connectivity index (χ3n) is 3.75. The van der Waals surface area contributed by atoms with Gasteiger partial charge in [-0.05, 0) is 25.7 Å². The lowest BCUT2D eigenvalue weighted by Crippen LogP contribution is -2.29. The lowest BCUT2D eigenvalue weighted by Gasteiger charge is -2.25. The Balaban J connectivity index is 5.66. The Bertz CT molecular complexity index is 418. The molecule has 0 spiro atoms. The molecule has 3 N–H and O–H groups in total. The van der Waals surface area contributed by atoms with Gasteiger partial charge in [-0.15, -0.1) is 0 Å². The quantitative estimate of drug-likeness (QED) is 0.535. The van der Waals surface area contributed by atoms with Crippen molar-refractivity contribution in [2.45, 2.75) is 52.9 Å². The van der Waals surface area contributed by atoms with Crippen LogP contribution in [0.4, 0.5) is 0 Å². The Morgan fingerprint density at radius 1 is 0.905 bits per heavy atom. The number of carbonyl (C=O) groups is 3. The Morgan fingerprint density at radius 3 is 1.71 bits per heavy atom. The van der Waals surface area contributed by atoms with Crippen molar-refractivity contribution in [1.29, 1.82) is 0 Å². The third-order valence-corrected chi connectivity index (χ3v) is 3.75. The molecule has 0 aromatic rings. The van der Waals surface area contributed by atoms with Crippen LogP contribution in [0.2, 0.25) is 0 Å². The minimum absolute atomic E-state index is 0.0688. The number of hydrogen-bond donors (Lipinski definition) is 3. The maximum absolute atomic E-state index is 11.6. The maximum Gasteiger partial charge on any atom is 0.331 e. The van der Waals surface area contributed by atoms with E-state index in [-0.39, 0.29) is 18.4 Å². The number of rotatable bonds is 10. The summed E-state index contributed by atoms with van der Waals surface area (Å²) in [6.07, 6.45) is 1.08. The molecule has 0 aliphatic carbocycles. The van der Waals surface area contributed by atoms with Crippen LogP contribution in [-0.4, -0.2) is 33.2 Å². The van der Waals surface area contributed by atoms with Crippen molar-refractivity contribution in [2.24, 2.45) is 11.8 Å². The molecule has 0 radical (unpaired) electrons. The average molecular weight is 300 g/mol. The van der Waals surface area contributed by atoms with Gasteiger partial charge in [-0.1, -0.05) is 26.3 Å². The van der Waals surface area contributed by atoms with Crippen LogP contribution in [0.5, 0.6) is 0 Å². The van der Waals surface area contributed by atoms with Crippen LogP contribution in [0.25, 0.3) is 0 Å². The molecule has 0 bridgehead atoms. The lowest BCUT2D eigenvalue weighted by atomic mass is 9.78. The second-order valence-corrected chi connectivity index (χ2v) is 4.92. The van der Waals surface area contributed by atoms with Gasteiger partial charge in [-0.3, -0.25) is 9.59 Å². The van der Waals surface area contributed by atoms with Gasteiger partial charge in [0.1, 0.15) is 0 Å². The summed E-state index contributed by atoms with van der Waals surface area (Å²) in [5, 5.41) is 27.5. The zero-order valence-electron chi connectivity index (χ0n) is 12.8. The van der Waals surface area contributed by atoms with E-state index in [1.54, 1.807) is 6.92 Å². The summed E-state index contributed by atoms with van der Waals surface area (Å²) >= 11 is 0. The van der Waals surface area contributed by atoms with E-state index < -0.39 is 29.7 Å². The number of carboxylic acid groups (broad SMARTS) is 3. The molecule has 0 rings (SSSR count). The molecule has 2 atom stereocenters. The highest BCUT2D eigenvalue weighted by Gasteiger charge is 2.34. The van der Waals surface area contributed by atoms with Crippen LogP contribution >= 0.6 is 0 Å². The van der Waals surface area contributed by atoms with E-state index in [4.69, 9.17) is 5.11 Å². The number of allylic oxidation sites excluding steroid dienone is 1. The summed E-state index contributed by atoms with van der Waals surface area (Å²) in [6.45, 7) is 5.40. The summed E-state index contributed by atoms with van der Waals surface area (Å²) in [7, 11) is 0. The second kappa shape index (κ2) is 9.15. The van der Waals surface area contributed by atoms with Gasteiger partial charge in [0.2, 0.25) is 0 Å². The van der Waals surface area contributed by atoms with Crippen LogP contribution < -0.4 is 0 Å². The topological polar surface area (TPSA) is 112 Å². The van der Waals surface area contributed by atoms with Crippen molar-refractivity contribution in [2.75, 3.05) is 0 Å². The molecule has 6 heteroatoms. The molecule has 0 saturated heterocycles. The van der Waals surface area contributed by atoms with Crippen LogP contribution in [0, 0.1) is 11.8 Å². The molecule has 0 aliphatic heterocycles. The predicted molar refractivity (Wildman–Crippen MR) is 77.0 cm³/mol. The van der Waals surface area contributed by atoms with Crippen molar-refractivity contribution < 1.29 is 29.7 Å². The van der Waals surface area contributed by atoms with E-state index in [2.05, 4.69) is 0 Å². The molecule has 120 valence electrons. The van der Waals surface area contributed by atoms with E-state index >= 15 is 0 Å². The Morgan fingerprint density at radius 2 is 1.43 bits per heavy atom. The average Bonchev–Trinajstić information content (AvgIpc) is 2.40. The van der Waals surface area contributed by atoms with Crippen molar-refractivity contribution in [3.8, 4) is 0 Å². The SMILES string of the molecule is CCC(CC)=C(C(=O)O)C(CC)C(CCC(=O)O)C(=O)O. The molecule has 6 nitrogen and oxygen atoms in total. The molecule has 0 fully saturated rings. The molecular formula is C15H24O6. The molecule has 0 aliphatic rings. The van der Waals surface area contributed by atoms with Crippen molar-refractivity contribution >= 4 is 17.9 Å². The molecule has 0 saturated carbocycles. The Labute approximate surface area is 124 Å². The van der Waals surface area contributed by atoms with Crippen LogP contribution in [0.1, 0.15) is 52.9 Å². The van der Waals surface area contributed by atoms with Crippen molar-refractivity contribution in [1.82, 2.24) is 0 Å². The lowest BCUT2D eigenvalue weighted by molar-refractivity contribution is -0.144. The summed E-state index contributed by atoms with van der Waals surface area (Å²) in [5.74, 6) is -5.00. The van der Waals surface area contributed by atoms with Crippen molar-refractivity contribution in [3.63, 3.8) is 0 Å². The highest BCUT2D eigenvalue weighted by atomic mass is 16.4. The van der Waals surface area contributed by atoms with Gasteiger partial charge < -0.3 is 15.3 Å². The van der Waals surface area contributed by atoms with Crippen LogP contribution in [0.3, 0.4) is 0 Å². The van der Waals surface area contributed by atoms with Crippen LogP contribution in [-0.2, 0) is 14.4 Å². The zero-order chi connectivity index (χ0) is 16.6. The predicted octanol–water partition coefficient (Wildman–Crippen LogP) is 2.78. The summed E-state index contributed by atoms with van der Waals surface area (Å²) < 4.78 is 0. The van der Waals surface area contributed by atoms with Gasteiger partial charge >= 0.3 is 17.9 Å². The highest BCUT2D eigenvalue weighted by molar-refractivity contribution is 5.89. The fraction of sp³-hybridized carbons (Fsp3) is 0.667. The van der Waals surface area contributed by atoms with E-state index in [0.717, 1.165) is 5.57 Å². The highest BCUT2D eigenvalue weighted by Crippen LogP contribution is 2.32. The summed E-state index contributed by atoms with van der Waals surface area (Å²) in [6, 6.07) is 0. The fourth-order valence-electron chi connectivity index (χ4n) is 2.67. The first-order valence-electron chi connectivity index (χ1n) is 7.19. The van der Waals surface area contributed by atoms with Crippen molar-refractivity contribution in [3.05, 3.63) is 11.1 Å². The molecule has 0 heterocycles. The van der Waals surface area contributed by atoms with Gasteiger partial charge in [0.15, 0.2) is 0 Å². The standard InChI is InChI=1S/C15H24O6/c1-4-9(5-2)13(15(20)21)10(6-3)11(14(18)19)7-8-12(16)17/h10-11H,4-8H2,1-3H3,(H,16,17)(H,18,19)(H,20,21). The largest absolute Gasteiger partial charge is 0.481 e.